The molecule has 4 rings (SSSR count). The third-order valence-corrected chi connectivity index (χ3v) is 5.13. The van der Waals surface area contributed by atoms with Crippen molar-refractivity contribution >= 4 is 46.2 Å². The molecule has 0 bridgehead atoms. The average molecular weight is 395 g/mol. The topological polar surface area (TPSA) is 78.1 Å². The Morgan fingerprint density at radius 2 is 2.21 bits per heavy atom. The third-order valence-electron chi connectivity index (χ3n) is 4.82. The van der Waals surface area contributed by atoms with Gasteiger partial charge in [0.1, 0.15) is 5.82 Å². The zero-order valence-electron chi connectivity index (χ0n) is 15.3. The fourth-order valence-corrected chi connectivity index (χ4v) is 3.53. The van der Waals surface area contributed by atoms with Gasteiger partial charge in [-0.15, -0.1) is 0 Å². The quantitative estimate of drug-likeness (QED) is 0.661. The smallest absolute Gasteiger partial charge is 0.246 e. The minimum atomic E-state index is -0.109. The first kappa shape index (κ1) is 18.3. The predicted octanol–water partition coefficient (Wildman–Crippen LogP) is 3.77. The number of H-pyrrole nitrogens is 1. The molecule has 6 nitrogen and oxygen atoms in total. The van der Waals surface area contributed by atoms with E-state index in [4.69, 9.17) is 11.6 Å². The van der Waals surface area contributed by atoms with Gasteiger partial charge in [0.15, 0.2) is 0 Å². The van der Waals surface area contributed by atoms with E-state index < -0.39 is 0 Å². The van der Waals surface area contributed by atoms with Crippen molar-refractivity contribution in [2.75, 3.05) is 12.4 Å². The molecule has 3 heterocycles. The predicted molar refractivity (Wildman–Crippen MR) is 110 cm³/mol. The van der Waals surface area contributed by atoms with E-state index in [0.29, 0.717) is 30.2 Å². The van der Waals surface area contributed by atoms with Gasteiger partial charge in [0, 0.05) is 43.9 Å². The third kappa shape index (κ3) is 3.64. The number of anilines is 1. The molecular weight excluding hydrogens is 376 g/mol. The van der Waals surface area contributed by atoms with E-state index in [1.54, 1.807) is 24.2 Å². The highest BCUT2D eigenvalue weighted by atomic mass is 35.5. The first-order valence-corrected chi connectivity index (χ1v) is 9.35. The van der Waals surface area contributed by atoms with Crippen LogP contribution in [-0.4, -0.2) is 33.7 Å². The molecule has 1 aliphatic heterocycles. The SMILES string of the molecule is CN(Cc1c[nH]c2c(Cl)cccc12)C(=O)/C=C/c1cnc2c(c1)CCC(=O)N2. The highest BCUT2D eigenvalue weighted by Gasteiger charge is 2.16. The van der Waals surface area contributed by atoms with Crippen LogP contribution in [0, 0.1) is 0 Å². The monoisotopic (exact) mass is 394 g/mol. The van der Waals surface area contributed by atoms with Crippen LogP contribution in [0.2, 0.25) is 5.02 Å². The van der Waals surface area contributed by atoms with Gasteiger partial charge >= 0.3 is 0 Å². The van der Waals surface area contributed by atoms with Gasteiger partial charge in [-0.05, 0) is 41.3 Å². The van der Waals surface area contributed by atoms with Crippen LogP contribution in [0.5, 0.6) is 0 Å². The number of carbonyl (C=O) groups is 2. The number of halogens is 1. The van der Waals surface area contributed by atoms with Gasteiger partial charge in [-0.25, -0.2) is 4.98 Å². The van der Waals surface area contributed by atoms with Crippen LogP contribution in [0.1, 0.15) is 23.1 Å². The molecule has 7 heteroatoms. The summed E-state index contributed by atoms with van der Waals surface area (Å²) >= 11 is 6.19. The molecule has 3 aromatic rings. The van der Waals surface area contributed by atoms with Crippen LogP contribution >= 0.6 is 11.6 Å². The molecule has 2 aromatic heterocycles. The molecule has 0 saturated heterocycles. The number of aromatic nitrogens is 2. The van der Waals surface area contributed by atoms with Gasteiger partial charge in [0.2, 0.25) is 11.8 Å². The summed E-state index contributed by atoms with van der Waals surface area (Å²) in [6.07, 6.45) is 7.92. The number of aromatic amines is 1. The number of para-hydroxylation sites is 1. The second-order valence-corrected chi connectivity index (χ2v) is 7.24. The average Bonchev–Trinajstić information content (AvgIpc) is 3.10. The van der Waals surface area contributed by atoms with Crippen LogP contribution in [0.25, 0.3) is 17.0 Å². The fraction of sp³-hybridized carbons (Fsp3) is 0.190. The largest absolute Gasteiger partial charge is 0.360 e. The Morgan fingerprint density at radius 1 is 1.36 bits per heavy atom. The Balaban J connectivity index is 1.45. The zero-order valence-corrected chi connectivity index (χ0v) is 16.1. The van der Waals surface area contributed by atoms with E-state index in [-0.39, 0.29) is 11.8 Å². The lowest BCUT2D eigenvalue weighted by molar-refractivity contribution is -0.125. The molecule has 0 fully saturated rings. The van der Waals surface area contributed by atoms with Crippen molar-refractivity contribution in [3.8, 4) is 0 Å². The number of aryl methyl sites for hydroxylation is 1. The van der Waals surface area contributed by atoms with Crippen molar-refractivity contribution in [1.29, 1.82) is 0 Å². The number of benzene rings is 1. The van der Waals surface area contributed by atoms with Crippen LogP contribution in [-0.2, 0) is 22.6 Å². The van der Waals surface area contributed by atoms with E-state index >= 15 is 0 Å². The Hall–Kier alpha value is -3.12. The Morgan fingerprint density at radius 3 is 3.07 bits per heavy atom. The number of likely N-dealkylation sites (N-methyl/N-ethyl adjacent to an activating group) is 1. The highest BCUT2D eigenvalue weighted by Crippen LogP contribution is 2.26. The van der Waals surface area contributed by atoms with E-state index in [1.165, 1.54) is 6.08 Å². The van der Waals surface area contributed by atoms with E-state index in [1.807, 2.05) is 30.5 Å². The molecule has 0 unspecified atom stereocenters. The number of nitrogens with one attached hydrogen (secondary N) is 2. The molecule has 0 aliphatic carbocycles. The number of fused-ring (bicyclic) bond motifs is 2. The van der Waals surface area contributed by atoms with Gasteiger partial charge in [-0.1, -0.05) is 23.7 Å². The summed E-state index contributed by atoms with van der Waals surface area (Å²) in [7, 11) is 1.76. The number of pyridine rings is 1. The summed E-state index contributed by atoms with van der Waals surface area (Å²) in [6, 6.07) is 7.67. The normalized spacial score (nSPS) is 13.6. The van der Waals surface area contributed by atoms with Crippen LogP contribution < -0.4 is 5.32 Å². The van der Waals surface area contributed by atoms with Gasteiger partial charge < -0.3 is 15.2 Å². The lowest BCUT2D eigenvalue weighted by atomic mass is 10.0. The van der Waals surface area contributed by atoms with E-state index in [2.05, 4.69) is 15.3 Å². The van der Waals surface area contributed by atoms with Crippen LogP contribution in [0.4, 0.5) is 5.82 Å². The van der Waals surface area contributed by atoms with Crippen molar-refractivity contribution in [3.05, 3.63) is 64.4 Å². The van der Waals surface area contributed by atoms with Crippen molar-refractivity contribution in [2.45, 2.75) is 19.4 Å². The Bertz CT molecular complexity index is 1100. The van der Waals surface area contributed by atoms with Crippen molar-refractivity contribution in [2.24, 2.45) is 0 Å². The second kappa shape index (κ2) is 7.48. The van der Waals surface area contributed by atoms with E-state index in [9.17, 15) is 9.59 Å². The van der Waals surface area contributed by atoms with Crippen LogP contribution in [0.15, 0.2) is 42.7 Å². The standard InChI is InChI=1S/C21H19ClN4O2/c1-26(12-15-11-23-20-16(15)3-2-4-17(20)22)19(28)8-5-13-9-14-6-7-18(27)25-21(14)24-10-13/h2-5,8-11,23H,6-7,12H2,1H3,(H,24,25,27)/b8-5+. The molecule has 1 aliphatic rings. The Labute approximate surface area is 167 Å². The number of hydrogen-bond acceptors (Lipinski definition) is 3. The lowest BCUT2D eigenvalue weighted by Crippen LogP contribution is -2.24. The molecule has 0 atom stereocenters. The van der Waals surface area contributed by atoms with Crippen LogP contribution in [0.3, 0.4) is 0 Å². The summed E-state index contributed by atoms with van der Waals surface area (Å²) in [6.45, 7) is 0.470. The molecule has 142 valence electrons. The maximum absolute atomic E-state index is 12.5. The van der Waals surface area contributed by atoms with Gasteiger partial charge in [-0.3, -0.25) is 9.59 Å². The summed E-state index contributed by atoms with van der Waals surface area (Å²) < 4.78 is 0. The zero-order chi connectivity index (χ0) is 19.7. The minimum Gasteiger partial charge on any atom is -0.360 e. The lowest BCUT2D eigenvalue weighted by Gasteiger charge is -2.16. The maximum Gasteiger partial charge on any atom is 0.246 e. The summed E-state index contributed by atoms with van der Waals surface area (Å²) in [5.74, 6) is 0.482. The van der Waals surface area contributed by atoms with Gasteiger partial charge in [0.25, 0.3) is 0 Å². The van der Waals surface area contributed by atoms with Crippen molar-refractivity contribution < 1.29 is 9.59 Å². The molecule has 0 radical (unpaired) electrons. The number of hydrogen-bond donors (Lipinski definition) is 2. The van der Waals surface area contributed by atoms with Gasteiger partial charge in [-0.2, -0.15) is 0 Å². The van der Waals surface area contributed by atoms with Crippen molar-refractivity contribution in [3.63, 3.8) is 0 Å². The molecule has 28 heavy (non-hydrogen) atoms. The molecule has 0 spiro atoms. The minimum absolute atomic E-state index is 0.0151. The Kier molecular flexibility index (Phi) is 4.88. The first-order valence-electron chi connectivity index (χ1n) is 8.97. The van der Waals surface area contributed by atoms with Crippen molar-refractivity contribution in [1.82, 2.24) is 14.9 Å². The molecule has 2 amide bonds. The van der Waals surface area contributed by atoms with E-state index in [0.717, 1.165) is 27.6 Å². The molecular formula is C21H19ClN4O2. The molecule has 1 aromatic carbocycles. The van der Waals surface area contributed by atoms with Gasteiger partial charge in [0.05, 0.1) is 10.5 Å². The number of amides is 2. The second-order valence-electron chi connectivity index (χ2n) is 6.83. The first-order chi connectivity index (χ1) is 13.5. The number of nitrogens with zero attached hydrogens (tertiary/aromatic N) is 2. The fourth-order valence-electron chi connectivity index (χ4n) is 3.30. The molecule has 0 saturated carbocycles. The molecule has 2 N–H and O–H groups in total. The number of rotatable bonds is 4. The summed E-state index contributed by atoms with van der Waals surface area (Å²) in [4.78, 5) is 33.0. The summed E-state index contributed by atoms with van der Waals surface area (Å²) in [5, 5.41) is 4.42. The summed E-state index contributed by atoms with van der Waals surface area (Å²) in [5.41, 5.74) is 3.70. The number of carbonyl (C=O) groups excluding carboxylic acids is 2. The maximum atomic E-state index is 12.5. The highest BCUT2D eigenvalue weighted by molar-refractivity contribution is 6.35.